The first-order valence-corrected chi connectivity index (χ1v) is 12.4. The highest BCUT2D eigenvalue weighted by atomic mass is 16.5. The molecule has 182 valence electrons. The van der Waals surface area contributed by atoms with E-state index in [0.717, 1.165) is 64.6 Å². The van der Waals surface area contributed by atoms with Crippen LogP contribution in [-0.4, -0.2) is 38.4 Å². The third kappa shape index (κ3) is 11.1. The van der Waals surface area contributed by atoms with Gasteiger partial charge in [-0.25, -0.2) is 0 Å². The molecule has 0 radical (unpaired) electrons. The van der Waals surface area contributed by atoms with Gasteiger partial charge in [0.15, 0.2) is 0 Å². The Morgan fingerprint density at radius 1 is 0.594 bits per heavy atom. The fraction of sp³-hybridized carbons (Fsp3) is 0.769. The molecular weight excluding hydrogens is 408 g/mol. The first-order chi connectivity index (χ1) is 15.6. The van der Waals surface area contributed by atoms with Gasteiger partial charge in [-0.3, -0.25) is 9.59 Å². The Morgan fingerprint density at radius 2 is 0.906 bits per heavy atom. The van der Waals surface area contributed by atoms with E-state index in [-0.39, 0.29) is 11.9 Å². The van der Waals surface area contributed by atoms with Crippen LogP contribution in [0.1, 0.15) is 77.0 Å². The number of unbranched alkanes of at least 4 members (excludes halogenated alkanes) is 1. The van der Waals surface area contributed by atoms with Crippen molar-refractivity contribution in [2.45, 2.75) is 77.0 Å². The molecule has 0 aromatic rings. The molecule has 2 fully saturated rings. The second-order valence-corrected chi connectivity index (χ2v) is 9.35. The lowest BCUT2D eigenvalue weighted by Gasteiger charge is -2.27. The van der Waals surface area contributed by atoms with Crippen LogP contribution in [0.3, 0.4) is 0 Å². The second-order valence-electron chi connectivity index (χ2n) is 9.35. The van der Waals surface area contributed by atoms with Gasteiger partial charge in [0.2, 0.25) is 0 Å². The Kier molecular flexibility index (Phi) is 12.9. The zero-order valence-electron chi connectivity index (χ0n) is 19.6. The lowest BCUT2D eigenvalue weighted by atomic mass is 9.83. The molecule has 0 saturated heterocycles. The largest absolute Gasteiger partial charge is 0.502 e. The van der Waals surface area contributed by atoms with E-state index < -0.39 is 0 Å². The molecule has 0 heterocycles. The van der Waals surface area contributed by atoms with Gasteiger partial charge in [-0.1, -0.05) is 13.2 Å². The van der Waals surface area contributed by atoms with E-state index in [4.69, 9.17) is 18.9 Å². The fourth-order valence-corrected chi connectivity index (χ4v) is 4.64. The summed E-state index contributed by atoms with van der Waals surface area (Å²) in [5, 5.41) is 0. The van der Waals surface area contributed by atoms with Crippen molar-refractivity contribution in [2.75, 3.05) is 26.4 Å². The predicted molar refractivity (Wildman–Crippen MR) is 124 cm³/mol. The number of carbonyl (C=O) groups excluding carboxylic acids is 2. The van der Waals surface area contributed by atoms with Gasteiger partial charge in [0.1, 0.15) is 0 Å². The normalized spacial score (nSPS) is 25.4. The molecule has 2 aliphatic rings. The number of hydrogen-bond acceptors (Lipinski definition) is 6. The van der Waals surface area contributed by atoms with E-state index in [0.29, 0.717) is 62.6 Å². The summed E-state index contributed by atoms with van der Waals surface area (Å²) in [6.45, 7) is 9.66. The van der Waals surface area contributed by atoms with Gasteiger partial charge >= 0.3 is 11.9 Å². The zero-order chi connectivity index (χ0) is 23.0. The van der Waals surface area contributed by atoms with Gasteiger partial charge < -0.3 is 18.9 Å². The van der Waals surface area contributed by atoms with Crippen molar-refractivity contribution in [3.63, 3.8) is 0 Å². The first kappa shape index (κ1) is 26.3. The van der Waals surface area contributed by atoms with Crippen molar-refractivity contribution in [1.82, 2.24) is 0 Å². The Labute approximate surface area is 193 Å². The summed E-state index contributed by atoms with van der Waals surface area (Å²) in [7, 11) is 0. The van der Waals surface area contributed by atoms with Crippen molar-refractivity contribution in [1.29, 1.82) is 0 Å². The molecule has 0 aromatic heterocycles. The summed E-state index contributed by atoms with van der Waals surface area (Å²) in [4.78, 5) is 24.0. The van der Waals surface area contributed by atoms with Crippen molar-refractivity contribution < 1.29 is 28.5 Å². The van der Waals surface area contributed by atoms with E-state index in [1.165, 1.54) is 12.5 Å². The zero-order valence-corrected chi connectivity index (χ0v) is 19.6. The van der Waals surface area contributed by atoms with Crippen LogP contribution in [0.25, 0.3) is 0 Å². The number of ether oxygens (including phenoxy) is 4. The lowest BCUT2D eigenvalue weighted by molar-refractivity contribution is -0.147. The van der Waals surface area contributed by atoms with Crippen LogP contribution in [0.5, 0.6) is 0 Å². The monoisotopic (exact) mass is 450 g/mol. The van der Waals surface area contributed by atoms with Crippen LogP contribution in [0.2, 0.25) is 0 Å². The third-order valence-corrected chi connectivity index (χ3v) is 6.80. The van der Waals surface area contributed by atoms with Crippen LogP contribution < -0.4 is 0 Å². The highest BCUT2D eigenvalue weighted by molar-refractivity contribution is 5.70. The molecule has 2 aliphatic carbocycles. The average Bonchev–Trinajstić information content (AvgIpc) is 2.82. The quantitative estimate of drug-likeness (QED) is 0.185. The van der Waals surface area contributed by atoms with Crippen molar-refractivity contribution in [3.8, 4) is 0 Å². The molecule has 0 aliphatic heterocycles. The van der Waals surface area contributed by atoms with E-state index >= 15 is 0 Å². The molecule has 0 amide bonds. The molecule has 6 heteroatoms. The minimum atomic E-state index is -0.160. The molecular formula is C26H42O6. The SMILES string of the molecule is C=COCC1CCC(COC(=O)CCCCC(=O)OCC2CCC(COC=C)CC2)CC1. The first-order valence-electron chi connectivity index (χ1n) is 12.4. The smallest absolute Gasteiger partial charge is 0.305 e. The Morgan fingerprint density at radius 3 is 1.22 bits per heavy atom. The topological polar surface area (TPSA) is 71.1 Å². The molecule has 0 N–H and O–H groups in total. The third-order valence-electron chi connectivity index (χ3n) is 6.80. The van der Waals surface area contributed by atoms with E-state index in [1.807, 2.05) is 0 Å². The Hall–Kier alpha value is -1.98. The van der Waals surface area contributed by atoms with Crippen molar-refractivity contribution in [2.24, 2.45) is 23.7 Å². The van der Waals surface area contributed by atoms with Gasteiger partial charge in [0, 0.05) is 12.8 Å². The minimum absolute atomic E-state index is 0.160. The molecule has 0 bridgehead atoms. The predicted octanol–water partition coefficient (Wildman–Crippen LogP) is 5.57. The molecule has 0 unspecified atom stereocenters. The molecule has 0 aromatic carbocycles. The summed E-state index contributed by atoms with van der Waals surface area (Å²) in [5.41, 5.74) is 0. The molecule has 2 saturated carbocycles. The summed E-state index contributed by atoms with van der Waals surface area (Å²) >= 11 is 0. The maximum absolute atomic E-state index is 12.0. The van der Waals surface area contributed by atoms with Crippen LogP contribution >= 0.6 is 0 Å². The molecule has 32 heavy (non-hydrogen) atoms. The van der Waals surface area contributed by atoms with Crippen molar-refractivity contribution in [3.05, 3.63) is 25.7 Å². The van der Waals surface area contributed by atoms with E-state index in [1.54, 1.807) is 0 Å². The number of carbonyl (C=O) groups is 2. The molecule has 0 atom stereocenters. The maximum atomic E-state index is 12.0. The number of rotatable bonds is 15. The molecule has 2 rings (SSSR count). The van der Waals surface area contributed by atoms with Crippen LogP contribution in [0.4, 0.5) is 0 Å². The van der Waals surface area contributed by atoms with E-state index in [9.17, 15) is 9.59 Å². The standard InChI is InChI=1S/C26H42O6/c1-3-29-17-21-9-13-23(14-10-21)19-31-25(27)7-5-6-8-26(28)32-20-24-15-11-22(12-16-24)18-30-4-2/h3-4,21-24H,1-2,5-20H2. The summed E-state index contributed by atoms with van der Waals surface area (Å²) < 4.78 is 21.5. The van der Waals surface area contributed by atoms with Gasteiger partial charge in [-0.05, 0) is 87.9 Å². The molecule has 6 nitrogen and oxygen atoms in total. The highest BCUT2D eigenvalue weighted by Crippen LogP contribution is 2.30. The fourth-order valence-electron chi connectivity index (χ4n) is 4.64. The van der Waals surface area contributed by atoms with Gasteiger partial charge in [-0.15, -0.1) is 0 Å². The van der Waals surface area contributed by atoms with Crippen molar-refractivity contribution >= 4 is 11.9 Å². The van der Waals surface area contributed by atoms with Gasteiger partial charge in [0.25, 0.3) is 0 Å². The molecule has 0 spiro atoms. The second kappa shape index (κ2) is 15.8. The maximum Gasteiger partial charge on any atom is 0.305 e. The Bertz CT molecular complexity index is 509. The Balaban J connectivity index is 1.43. The number of hydrogen-bond donors (Lipinski definition) is 0. The summed E-state index contributed by atoms with van der Waals surface area (Å²) in [6.07, 6.45) is 13.8. The van der Waals surface area contributed by atoms with Crippen LogP contribution in [-0.2, 0) is 28.5 Å². The summed E-state index contributed by atoms with van der Waals surface area (Å²) in [5.74, 6) is 1.77. The lowest BCUT2D eigenvalue weighted by Crippen LogP contribution is -2.22. The highest BCUT2D eigenvalue weighted by Gasteiger charge is 2.23. The van der Waals surface area contributed by atoms with Gasteiger partial charge in [-0.2, -0.15) is 0 Å². The van der Waals surface area contributed by atoms with Gasteiger partial charge in [0.05, 0.1) is 39.0 Å². The van der Waals surface area contributed by atoms with Crippen LogP contribution in [0.15, 0.2) is 25.7 Å². The summed E-state index contributed by atoms with van der Waals surface area (Å²) in [6, 6.07) is 0. The average molecular weight is 451 g/mol. The number of esters is 2. The van der Waals surface area contributed by atoms with E-state index in [2.05, 4.69) is 13.2 Å². The van der Waals surface area contributed by atoms with Crippen LogP contribution in [0, 0.1) is 23.7 Å². The minimum Gasteiger partial charge on any atom is -0.502 e.